The van der Waals surface area contributed by atoms with Gasteiger partial charge in [0.05, 0.1) is 182 Å². The van der Waals surface area contributed by atoms with E-state index < -0.39 is 71.3 Å². The molecule has 0 radical (unpaired) electrons. The van der Waals surface area contributed by atoms with E-state index in [9.17, 15) is 39.0 Å². The quantitative estimate of drug-likeness (QED) is 0.156. The summed E-state index contributed by atoms with van der Waals surface area (Å²) in [6, 6.07) is 0. The Bertz CT molecular complexity index is 965. The Morgan fingerprint density at radius 2 is 0.357 bits per heavy atom. The fourth-order valence-electron chi connectivity index (χ4n) is 6.47. The van der Waals surface area contributed by atoms with E-state index in [0.717, 1.165) is 0 Å². The lowest BCUT2D eigenvalue weighted by Crippen LogP contribution is -2.40. The minimum atomic E-state index is -1.37. The molecule has 16 N–H and O–H groups in total. The van der Waals surface area contributed by atoms with E-state index in [2.05, 4.69) is 0 Å². The number of ether oxygens (including phenoxy) is 12. The van der Waals surface area contributed by atoms with E-state index in [4.69, 9.17) is 77.3 Å². The largest absolute Gasteiger partial charge is 0.550 e. The smallest absolute Gasteiger partial charge is 0.306 e. The summed E-state index contributed by atoms with van der Waals surface area (Å²) >= 11 is 0. The Kier molecular flexibility index (Phi) is 50.7. The SMILES string of the molecule is C1COCCOCCOCCOCCOCCO1.C1COCCOCCOCCOCCOCCO1.O.O.O=C([O-])C1C[C@@H](C(=O)O)C[C@@H](C(=O)O)C1.O=C([O-])C1C[C@@H](C(=O)O)C[C@@H](C(=O)O)C1.[NH4+].[NH4+]. The Morgan fingerprint density at radius 3 is 0.443 bits per heavy atom. The van der Waals surface area contributed by atoms with Gasteiger partial charge in [0.15, 0.2) is 0 Å². The summed E-state index contributed by atoms with van der Waals surface area (Å²) < 4.78 is 63.9. The second kappa shape index (κ2) is 48.8. The number of quaternary nitrogens is 2. The highest BCUT2D eigenvalue weighted by Gasteiger charge is 2.37. The van der Waals surface area contributed by atoms with Gasteiger partial charge >= 0.3 is 23.9 Å². The lowest BCUT2D eigenvalue weighted by atomic mass is 9.75. The highest BCUT2D eigenvalue weighted by Crippen LogP contribution is 2.34. The summed E-state index contributed by atoms with van der Waals surface area (Å²) in [6.45, 7) is 14.1. The van der Waals surface area contributed by atoms with Crippen LogP contribution in [0.25, 0.3) is 0 Å². The second-order valence-corrected chi connectivity index (χ2v) is 14.9. The van der Waals surface area contributed by atoms with Crippen LogP contribution in [0.2, 0.25) is 0 Å². The van der Waals surface area contributed by atoms with E-state index in [1.54, 1.807) is 0 Å². The number of carbonyl (C=O) groups excluding carboxylic acids is 2. The number of rotatable bonds is 6. The Hall–Kier alpha value is -3.82. The second-order valence-electron chi connectivity index (χ2n) is 14.9. The molecule has 6 atom stereocenters. The minimum Gasteiger partial charge on any atom is -0.550 e. The molecule has 2 unspecified atom stereocenters. The number of carboxylic acids is 6. The van der Waals surface area contributed by atoms with Crippen LogP contribution in [0.3, 0.4) is 0 Å². The molecule has 2 aliphatic carbocycles. The van der Waals surface area contributed by atoms with E-state index in [1.807, 2.05) is 0 Å². The normalized spacial score (nSPS) is 25.5. The van der Waals surface area contributed by atoms with Gasteiger partial charge in [0.25, 0.3) is 0 Å². The average Bonchev–Trinajstić information content (AvgIpc) is 3.29. The molecule has 2 saturated carbocycles. The molecule has 0 spiro atoms. The molecule has 4 aliphatic rings. The first-order valence-electron chi connectivity index (χ1n) is 22.1. The van der Waals surface area contributed by atoms with Crippen LogP contribution >= 0.6 is 0 Å². The molecule has 2 heterocycles. The van der Waals surface area contributed by atoms with Crippen molar-refractivity contribution in [3.05, 3.63) is 0 Å². The van der Waals surface area contributed by atoms with Crippen LogP contribution in [-0.2, 0) is 85.6 Å². The van der Waals surface area contributed by atoms with Crippen molar-refractivity contribution in [1.82, 2.24) is 12.3 Å². The van der Waals surface area contributed by atoms with Gasteiger partial charge < -0.3 is 120 Å². The Balaban J connectivity index is -0.000000408. The predicted molar refractivity (Wildman–Crippen MR) is 238 cm³/mol. The first-order chi connectivity index (χ1) is 31.8. The van der Waals surface area contributed by atoms with Crippen LogP contribution in [0.1, 0.15) is 38.5 Å². The van der Waals surface area contributed by atoms with Gasteiger partial charge in [-0.15, -0.1) is 0 Å². The zero-order valence-electron chi connectivity index (χ0n) is 40.6. The average molecular weight is 1030 g/mol. The summed E-state index contributed by atoms with van der Waals surface area (Å²) in [4.78, 5) is 63.9. The topological polar surface area (TPSA) is 476 Å². The maximum atomic E-state index is 10.7. The van der Waals surface area contributed by atoms with Crippen LogP contribution in [-0.4, -0.2) is 226 Å². The van der Waals surface area contributed by atoms with Gasteiger partial charge in [-0.1, -0.05) is 0 Å². The van der Waals surface area contributed by atoms with Crippen LogP contribution in [0.5, 0.6) is 0 Å². The van der Waals surface area contributed by atoms with Gasteiger partial charge in [0, 0.05) is 23.8 Å². The number of hydrogen-bond donors (Lipinski definition) is 6. The Morgan fingerprint density at radius 1 is 0.257 bits per heavy atom. The molecule has 70 heavy (non-hydrogen) atoms. The first kappa shape index (κ1) is 72.7. The third kappa shape index (κ3) is 39.8. The van der Waals surface area contributed by atoms with Gasteiger partial charge in [0.2, 0.25) is 0 Å². The fraction of sp³-hybridized carbons (Fsp3) is 0.857. The van der Waals surface area contributed by atoms with Crippen molar-refractivity contribution in [1.29, 1.82) is 0 Å². The van der Waals surface area contributed by atoms with E-state index >= 15 is 0 Å². The molecule has 416 valence electrons. The fourth-order valence-corrected chi connectivity index (χ4v) is 6.47. The summed E-state index contributed by atoms with van der Waals surface area (Å²) in [5.41, 5.74) is 0. The molecule has 0 amide bonds. The lowest BCUT2D eigenvalue weighted by Gasteiger charge is -2.31. The number of aliphatic carboxylic acids is 6. The number of carbonyl (C=O) groups is 6. The minimum absolute atomic E-state index is 0. The molecular weight excluding hydrogens is 948 g/mol. The zero-order valence-corrected chi connectivity index (χ0v) is 40.6. The molecule has 0 aromatic rings. The van der Waals surface area contributed by atoms with Gasteiger partial charge in [-0.05, 0) is 38.5 Å². The molecular formula is C42H82N2O26. The van der Waals surface area contributed by atoms with Crippen molar-refractivity contribution >= 4 is 35.8 Å². The third-order valence-corrected chi connectivity index (χ3v) is 9.94. The molecule has 4 rings (SSSR count). The molecule has 4 fully saturated rings. The number of hydrogen-bond acceptors (Lipinski definition) is 20. The highest BCUT2D eigenvalue weighted by atomic mass is 16.6. The van der Waals surface area contributed by atoms with Crippen molar-refractivity contribution in [2.45, 2.75) is 38.5 Å². The van der Waals surface area contributed by atoms with E-state index in [1.165, 1.54) is 0 Å². The molecule has 0 bridgehead atoms. The summed E-state index contributed by atoms with van der Waals surface area (Å²) in [5, 5.41) is 56.1. The maximum Gasteiger partial charge on any atom is 0.306 e. The van der Waals surface area contributed by atoms with E-state index in [0.29, 0.717) is 159 Å². The van der Waals surface area contributed by atoms with Crippen molar-refractivity contribution in [2.75, 3.05) is 159 Å². The summed E-state index contributed by atoms with van der Waals surface area (Å²) in [7, 11) is 0. The van der Waals surface area contributed by atoms with Gasteiger partial charge in [-0.2, -0.15) is 0 Å². The lowest BCUT2D eigenvalue weighted by molar-refractivity contribution is -0.314. The summed E-state index contributed by atoms with van der Waals surface area (Å²) in [6.07, 6.45) is -0.172. The van der Waals surface area contributed by atoms with E-state index in [-0.39, 0.29) is 61.8 Å². The van der Waals surface area contributed by atoms with Crippen LogP contribution in [0, 0.1) is 35.5 Å². The molecule has 28 heteroatoms. The maximum absolute atomic E-state index is 10.7. The summed E-state index contributed by atoms with van der Waals surface area (Å²) in [5.74, 6) is -12.9. The van der Waals surface area contributed by atoms with Gasteiger partial charge in [0.1, 0.15) is 0 Å². The van der Waals surface area contributed by atoms with Crippen molar-refractivity contribution in [3.63, 3.8) is 0 Å². The van der Waals surface area contributed by atoms with Crippen LogP contribution in [0.15, 0.2) is 0 Å². The Labute approximate surface area is 407 Å². The molecule has 28 nitrogen and oxygen atoms in total. The predicted octanol–water partition coefficient (Wildman–Crippen LogP) is -2.82. The molecule has 2 aliphatic heterocycles. The third-order valence-electron chi connectivity index (χ3n) is 9.94. The van der Waals surface area contributed by atoms with Crippen molar-refractivity contribution < 1.29 is 127 Å². The molecule has 2 saturated heterocycles. The molecule has 0 aromatic carbocycles. The zero-order chi connectivity index (χ0) is 48.6. The highest BCUT2D eigenvalue weighted by molar-refractivity contribution is 5.78. The molecule has 0 aromatic heterocycles. The van der Waals surface area contributed by atoms with Gasteiger partial charge in [-0.3, -0.25) is 19.2 Å². The van der Waals surface area contributed by atoms with Gasteiger partial charge in [-0.25, -0.2) is 0 Å². The van der Waals surface area contributed by atoms with Crippen molar-refractivity contribution in [2.24, 2.45) is 35.5 Å². The van der Waals surface area contributed by atoms with Crippen LogP contribution in [0.4, 0.5) is 0 Å². The monoisotopic (exact) mass is 1030 g/mol. The van der Waals surface area contributed by atoms with Crippen LogP contribution < -0.4 is 22.5 Å². The first-order valence-corrected chi connectivity index (χ1v) is 22.1. The van der Waals surface area contributed by atoms with Crippen molar-refractivity contribution in [3.8, 4) is 0 Å². The number of carboxylic acid groups (broad SMARTS) is 6. The standard InChI is InChI=1S/2C12H24O6.2C9H12O6.2H3N.2H2O/c2*1-2-14-5-6-16-9-10-18-12-11-17-8-7-15-4-3-13-1;2*10-7(11)4-1-5(8(12)13)3-6(2-4)9(14)15;;;;/h2*1-12H2;2*4-6H,1-3H2,(H,10,11)(H,12,13)(H,14,15);2*1H3;2*1H2.